The average molecular weight is 439 g/mol. The maximum absolute atomic E-state index is 13.5. The first-order chi connectivity index (χ1) is 14.5. The lowest BCUT2D eigenvalue weighted by Gasteiger charge is -2.28. The second kappa shape index (κ2) is 7.43. The average Bonchev–Trinajstić information content (AvgIpc) is 3.26. The highest BCUT2D eigenvalue weighted by atomic mass is 35.5. The predicted molar refractivity (Wildman–Crippen MR) is 115 cm³/mol. The van der Waals surface area contributed by atoms with Crippen LogP contribution in [0.4, 0.5) is 11.4 Å². The molecule has 2 heterocycles. The van der Waals surface area contributed by atoms with E-state index in [0.717, 1.165) is 11.3 Å². The van der Waals surface area contributed by atoms with Crippen molar-refractivity contribution in [2.24, 2.45) is 5.92 Å². The van der Waals surface area contributed by atoms with E-state index in [0.29, 0.717) is 15.7 Å². The van der Waals surface area contributed by atoms with E-state index >= 15 is 0 Å². The number of carbonyl (C=O) groups is 2. The van der Waals surface area contributed by atoms with E-state index in [9.17, 15) is 9.59 Å². The number of para-hydroxylation sites is 1. The van der Waals surface area contributed by atoms with Gasteiger partial charge >= 0.3 is 0 Å². The summed E-state index contributed by atoms with van der Waals surface area (Å²) in [5.74, 6) is -1.40. The van der Waals surface area contributed by atoms with Crippen molar-refractivity contribution >= 4 is 46.4 Å². The summed E-state index contributed by atoms with van der Waals surface area (Å²) in [6.07, 6.45) is -0.919. The van der Waals surface area contributed by atoms with Crippen molar-refractivity contribution in [3.05, 3.63) is 94.5 Å². The maximum Gasteiger partial charge on any atom is 0.266 e. The highest BCUT2D eigenvalue weighted by Gasteiger charge is 2.60. The van der Waals surface area contributed by atoms with Gasteiger partial charge in [-0.05, 0) is 54.1 Å². The molecule has 3 atom stereocenters. The molecule has 3 aromatic rings. The van der Waals surface area contributed by atoms with Gasteiger partial charge in [0.15, 0.2) is 6.10 Å². The Morgan fingerprint density at radius 3 is 2.17 bits per heavy atom. The van der Waals surface area contributed by atoms with Gasteiger partial charge in [-0.2, -0.15) is 0 Å². The summed E-state index contributed by atoms with van der Waals surface area (Å²) in [6.45, 7) is 0. The number of nitrogens with zero attached hydrogens (tertiary/aromatic N) is 2. The van der Waals surface area contributed by atoms with Gasteiger partial charge in [-0.1, -0.05) is 53.5 Å². The number of benzene rings is 3. The lowest BCUT2D eigenvalue weighted by atomic mass is 9.90. The molecular formula is C23H16Cl2N2O3. The van der Waals surface area contributed by atoms with Gasteiger partial charge in [0, 0.05) is 10.0 Å². The van der Waals surface area contributed by atoms with Crippen molar-refractivity contribution in [1.29, 1.82) is 0 Å². The number of amides is 2. The van der Waals surface area contributed by atoms with E-state index in [2.05, 4.69) is 0 Å². The van der Waals surface area contributed by atoms with Crippen molar-refractivity contribution in [3.63, 3.8) is 0 Å². The number of fused-ring (bicyclic) bond motifs is 1. The highest BCUT2D eigenvalue weighted by molar-refractivity contribution is 6.31. The summed E-state index contributed by atoms with van der Waals surface area (Å²) in [4.78, 5) is 33.9. The van der Waals surface area contributed by atoms with Crippen molar-refractivity contribution in [2.45, 2.75) is 12.1 Å². The topological polar surface area (TPSA) is 49.9 Å². The molecule has 0 aromatic heterocycles. The zero-order valence-corrected chi connectivity index (χ0v) is 17.1. The van der Waals surface area contributed by atoms with Crippen molar-refractivity contribution in [2.75, 3.05) is 9.96 Å². The normalized spacial score (nSPS) is 23.2. The van der Waals surface area contributed by atoms with E-state index in [1.165, 1.54) is 4.90 Å². The fourth-order valence-electron chi connectivity index (χ4n) is 4.09. The molecule has 0 saturated carbocycles. The zero-order chi connectivity index (χ0) is 20.8. The molecule has 3 aromatic carbocycles. The Labute approximate surface area is 183 Å². The Morgan fingerprint density at radius 2 is 1.47 bits per heavy atom. The molecule has 7 heteroatoms. The van der Waals surface area contributed by atoms with Crippen LogP contribution in [0.15, 0.2) is 78.9 Å². The van der Waals surface area contributed by atoms with E-state index in [4.69, 9.17) is 28.0 Å². The summed E-state index contributed by atoms with van der Waals surface area (Å²) in [6, 6.07) is 22.8. The maximum atomic E-state index is 13.5. The third kappa shape index (κ3) is 3.06. The van der Waals surface area contributed by atoms with Gasteiger partial charge in [0.2, 0.25) is 5.91 Å². The number of imide groups is 1. The van der Waals surface area contributed by atoms with Crippen molar-refractivity contribution in [1.82, 2.24) is 0 Å². The number of hydrogen-bond acceptors (Lipinski definition) is 4. The Kier molecular flexibility index (Phi) is 4.74. The van der Waals surface area contributed by atoms with Gasteiger partial charge in [-0.3, -0.25) is 14.4 Å². The molecule has 150 valence electrons. The SMILES string of the molecule is O=C1[C@@H]2[C@@H](c3cccc(Cl)c3)N(c3ccccc3)O[C@H]2C(=O)N1c1ccc(Cl)cc1. The molecule has 0 aliphatic carbocycles. The lowest BCUT2D eigenvalue weighted by Crippen LogP contribution is -2.37. The molecule has 5 nitrogen and oxygen atoms in total. The van der Waals surface area contributed by atoms with Gasteiger partial charge in [0.05, 0.1) is 17.4 Å². The van der Waals surface area contributed by atoms with Crippen LogP contribution in [0.1, 0.15) is 11.6 Å². The van der Waals surface area contributed by atoms with E-state index in [1.54, 1.807) is 41.5 Å². The molecule has 0 radical (unpaired) electrons. The molecule has 2 aliphatic rings. The first-order valence-corrected chi connectivity index (χ1v) is 10.2. The molecule has 0 spiro atoms. The minimum absolute atomic E-state index is 0.310. The van der Waals surface area contributed by atoms with Crippen LogP contribution in [0.25, 0.3) is 0 Å². The Morgan fingerprint density at radius 1 is 0.733 bits per heavy atom. The number of hydroxylamine groups is 1. The summed E-state index contributed by atoms with van der Waals surface area (Å²) in [5.41, 5.74) is 2.04. The fraction of sp³-hybridized carbons (Fsp3) is 0.130. The molecular weight excluding hydrogens is 423 g/mol. The largest absolute Gasteiger partial charge is 0.273 e. The number of hydrogen-bond donors (Lipinski definition) is 0. The van der Waals surface area contributed by atoms with Gasteiger partial charge in [0.25, 0.3) is 5.91 Å². The first-order valence-electron chi connectivity index (χ1n) is 9.44. The summed E-state index contributed by atoms with van der Waals surface area (Å²) >= 11 is 12.2. The molecule has 5 rings (SSSR count). The van der Waals surface area contributed by atoms with Crippen molar-refractivity contribution < 1.29 is 14.4 Å². The minimum atomic E-state index is -0.919. The van der Waals surface area contributed by atoms with Gasteiger partial charge in [-0.15, -0.1) is 0 Å². The molecule has 2 amide bonds. The van der Waals surface area contributed by atoms with Gasteiger partial charge in [-0.25, -0.2) is 9.96 Å². The van der Waals surface area contributed by atoms with Crippen LogP contribution >= 0.6 is 23.2 Å². The monoisotopic (exact) mass is 438 g/mol. The Hall–Kier alpha value is -2.86. The van der Waals surface area contributed by atoms with Crippen molar-refractivity contribution in [3.8, 4) is 0 Å². The smallest absolute Gasteiger partial charge is 0.266 e. The van der Waals surface area contributed by atoms with Gasteiger partial charge < -0.3 is 0 Å². The summed E-state index contributed by atoms with van der Waals surface area (Å²) in [7, 11) is 0. The van der Waals surface area contributed by atoms with Crippen LogP contribution in [0, 0.1) is 5.92 Å². The third-order valence-corrected chi connectivity index (χ3v) is 5.89. The molecule has 2 aliphatic heterocycles. The zero-order valence-electron chi connectivity index (χ0n) is 15.6. The molecule has 2 fully saturated rings. The van der Waals surface area contributed by atoms with Crippen LogP contribution in [0.3, 0.4) is 0 Å². The molecule has 2 saturated heterocycles. The Bertz CT molecular complexity index is 1120. The summed E-state index contributed by atoms with van der Waals surface area (Å²) in [5, 5.41) is 2.73. The van der Waals surface area contributed by atoms with Gasteiger partial charge in [0.1, 0.15) is 5.92 Å². The summed E-state index contributed by atoms with van der Waals surface area (Å²) < 4.78 is 0. The third-order valence-electron chi connectivity index (χ3n) is 5.40. The first kappa shape index (κ1) is 19.1. The minimum Gasteiger partial charge on any atom is -0.273 e. The van der Waals surface area contributed by atoms with Crippen LogP contribution in [-0.4, -0.2) is 17.9 Å². The standard InChI is InChI=1S/C23H16Cl2N2O3/c24-15-9-11-17(12-10-15)26-22(28)19-20(14-5-4-6-16(25)13-14)27(30-21(19)23(26)29)18-7-2-1-3-8-18/h1-13,19-21H/t19-,20-,21-/m1/s1. The predicted octanol–water partition coefficient (Wildman–Crippen LogP) is 5.04. The van der Waals surface area contributed by atoms with Crippen LogP contribution in [0.5, 0.6) is 0 Å². The Balaban J connectivity index is 1.59. The van der Waals surface area contributed by atoms with E-state index in [1.807, 2.05) is 42.5 Å². The van der Waals surface area contributed by atoms with Crippen LogP contribution in [0.2, 0.25) is 10.0 Å². The molecule has 0 unspecified atom stereocenters. The molecule has 30 heavy (non-hydrogen) atoms. The highest BCUT2D eigenvalue weighted by Crippen LogP contribution is 2.47. The second-order valence-electron chi connectivity index (χ2n) is 7.20. The van der Waals surface area contributed by atoms with E-state index < -0.39 is 24.0 Å². The second-order valence-corrected chi connectivity index (χ2v) is 8.07. The number of anilines is 2. The lowest BCUT2D eigenvalue weighted by molar-refractivity contribution is -0.126. The quantitative estimate of drug-likeness (QED) is 0.537. The molecule has 0 N–H and O–H groups in total. The number of rotatable bonds is 3. The molecule has 0 bridgehead atoms. The van der Waals surface area contributed by atoms with Crippen LogP contribution < -0.4 is 9.96 Å². The fourth-order valence-corrected chi connectivity index (χ4v) is 4.41. The van der Waals surface area contributed by atoms with Crippen LogP contribution in [-0.2, 0) is 14.4 Å². The number of carbonyl (C=O) groups excluding carboxylic acids is 2. The van der Waals surface area contributed by atoms with E-state index in [-0.39, 0.29) is 5.91 Å². The number of halogens is 2.